The second-order valence-corrected chi connectivity index (χ2v) is 9.30. The van der Waals surface area contributed by atoms with Gasteiger partial charge in [0.2, 0.25) is 0 Å². The number of rotatable bonds is 3. The van der Waals surface area contributed by atoms with Crippen LogP contribution < -0.4 is 10.6 Å². The average molecular weight is 419 g/mol. The molecule has 2 aliphatic rings. The van der Waals surface area contributed by atoms with Crippen molar-refractivity contribution >= 4 is 17.4 Å². The van der Waals surface area contributed by atoms with Gasteiger partial charge >= 0.3 is 0 Å². The van der Waals surface area contributed by atoms with E-state index in [2.05, 4.69) is 24.5 Å². The Kier molecular flexibility index (Phi) is 5.29. The number of dihydropyridines is 1. The van der Waals surface area contributed by atoms with Crippen molar-refractivity contribution in [1.82, 2.24) is 5.32 Å². The highest BCUT2D eigenvalue weighted by molar-refractivity contribution is 6.09. The largest absolute Gasteiger partial charge is 0.362 e. The van der Waals surface area contributed by atoms with E-state index in [1.54, 1.807) is 0 Å². The van der Waals surface area contributed by atoms with Crippen LogP contribution in [-0.2, 0) is 9.59 Å². The summed E-state index contributed by atoms with van der Waals surface area (Å²) in [5.41, 5.74) is 5.23. The predicted octanol–water partition coefficient (Wildman–Crippen LogP) is 5.38. The Hall–Kier alpha value is -3.21. The van der Waals surface area contributed by atoms with E-state index in [0.717, 1.165) is 28.9 Å². The Bertz CT molecular complexity index is 1110. The highest BCUT2D eigenvalue weighted by Gasteiger charge is 2.42. The summed E-state index contributed by atoms with van der Waals surface area (Å²) < 4.78 is 13.3. The van der Waals surface area contributed by atoms with Crippen LogP contribution >= 0.6 is 0 Å². The van der Waals surface area contributed by atoms with Crippen LogP contribution in [-0.4, -0.2) is 11.7 Å². The van der Waals surface area contributed by atoms with Crippen LogP contribution in [0.5, 0.6) is 0 Å². The lowest BCUT2D eigenvalue weighted by Gasteiger charge is -2.39. The third-order valence-corrected chi connectivity index (χ3v) is 6.00. The van der Waals surface area contributed by atoms with Crippen molar-refractivity contribution in [2.75, 3.05) is 5.32 Å². The van der Waals surface area contributed by atoms with Gasteiger partial charge in [-0.2, -0.15) is 0 Å². The van der Waals surface area contributed by atoms with Gasteiger partial charge in [-0.05, 0) is 55.5 Å². The molecule has 1 heterocycles. The first-order valence-corrected chi connectivity index (χ1v) is 10.5. The number of hydrogen-bond donors (Lipinski definition) is 2. The first-order valence-electron chi connectivity index (χ1n) is 10.5. The van der Waals surface area contributed by atoms with E-state index in [0.29, 0.717) is 23.3 Å². The van der Waals surface area contributed by atoms with Crippen LogP contribution in [0, 0.1) is 18.2 Å². The Morgan fingerprint density at radius 3 is 2.32 bits per heavy atom. The molecule has 2 aromatic rings. The number of carbonyl (C=O) groups excluding carboxylic acids is 2. The van der Waals surface area contributed by atoms with E-state index in [9.17, 15) is 14.0 Å². The number of amides is 1. The number of benzene rings is 2. The second-order valence-electron chi connectivity index (χ2n) is 9.30. The number of aryl methyl sites for hydroxylation is 1. The van der Waals surface area contributed by atoms with Crippen molar-refractivity contribution < 1.29 is 14.0 Å². The van der Waals surface area contributed by atoms with E-state index in [1.807, 2.05) is 38.1 Å². The summed E-state index contributed by atoms with van der Waals surface area (Å²) in [5.74, 6) is -1.04. The van der Waals surface area contributed by atoms with Crippen molar-refractivity contribution in [3.05, 3.63) is 88.0 Å². The molecule has 160 valence electrons. The maximum atomic E-state index is 13.4. The lowest BCUT2D eigenvalue weighted by atomic mass is 9.68. The molecule has 4 nitrogen and oxygen atoms in total. The topological polar surface area (TPSA) is 58.2 Å². The molecule has 1 aliphatic heterocycles. The van der Waals surface area contributed by atoms with Crippen LogP contribution in [0.1, 0.15) is 50.7 Å². The Balaban J connectivity index is 1.79. The molecule has 0 fully saturated rings. The van der Waals surface area contributed by atoms with Gasteiger partial charge in [0.25, 0.3) is 5.91 Å². The van der Waals surface area contributed by atoms with Gasteiger partial charge in [0, 0.05) is 40.6 Å². The Labute approximate surface area is 182 Å². The molecular weight excluding hydrogens is 391 g/mol. The van der Waals surface area contributed by atoms with Crippen molar-refractivity contribution in [3.63, 3.8) is 0 Å². The molecule has 0 spiro atoms. The lowest BCUT2D eigenvalue weighted by molar-refractivity contribution is -0.118. The first-order chi connectivity index (χ1) is 14.6. The summed E-state index contributed by atoms with van der Waals surface area (Å²) in [7, 11) is 0. The van der Waals surface area contributed by atoms with Crippen LogP contribution in [0.3, 0.4) is 0 Å². The molecule has 2 aromatic carbocycles. The van der Waals surface area contributed by atoms with E-state index >= 15 is 0 Å². The third kappa shape index (κ3) is 4.18. The quantitative estimate of drug-likeness (QED) is 0.704. The van der Waals surface area contributed by atoms with E-state index in [-0.39, 0.29) is 22.9 Å². The number of anilines is 1. The standard InChI is InChI=1S/C26H27FN2O2/c1-15-5-7-17(8-6-15)23-22(25(31)29-19-11-9-18(27)10-12-19)16(2)28-20-13-26(3,4)14-21(30)24(20)23/h5-12,23,28H,13-14H2,1-4H3,(H,29,31)/t23-/m0/s1. The van der Waals surface area contributed by atoms with Gasteiger partial charge in [0.05, 0.1) is 0 Å². The number of nitrogens with one attached hydrogen (secondary N) is 2. The van der Waals surface area contributed by atoms with E-state index < -0.39 is 5.92 Å². The van der Waals surface area contributed by atoms with Gasteiger partial charge in [0.1, 0.15) is 5.82 Å². The van der Waals surface area contributed by atoms with Crippen molar-refractivity contribution in [1.29, 1.82) is 0 Å². The molecule has 2 N–H and O–H groups in total. The fraction of sp³-hybridized carbons (Fsp3) is 0.308. The number of Topliss-reactive ketones (excluding diaryl/α,β-unsaturated/α-hetero) is 1. The summed E-state index contributed by atoms with van der Waals surface area (Å²) in [6.07, 6.45) is 1.20. The molecule has 1 aliphatic carbocycles. The highest BCUT2D eigenvalue weighted by Crippen LogP contribution is 2.46. The van der Waals surface area contributed by atoms with Crippen molar-refractivity contribution in [2.24, 2.45) is 5.41 Å². The minimum absolute atomic E-state index is 0.0731. The van der Waals surface area contributed by atoms with E-state index in [4.69, 9.17) is 0 Å². The maximum Gasteiger partial charge on any atom is 0.254 e. The van der Waals surface area contributed by atoms with Crippen molar-refractivity contribution in [3.8, 4) is 0 Å². The monoisotopic (exact) mass is 418 g/mol. The SMILES string of the molecule is CC1=C(C(=O)Nc2ccc(F)cc2)[C@H](c2ccc(C)cc2)C2=C(CC(C)(C)CC2=O)N1. The van der Waals surface area contributed by atoms with Crippen LogP contribution in [0.4, 0.5) is 10.1 Å². The molecule has 4 rings (SSSR count). The zero-order valence-corrected chi connectivity index (χ0v) is 18.3. The fourth-order valence-corrected chi connectivity index (χ4v) is 4.56. The number of carbonyl (C=O) groups is 2. The van der Waals surface area contributed by atoms with Crippen LogP contribution in [0.15, 0.2) is 71.1 Å². The normalized spacial score (nSPS) is 20.3. The molecule has 31 heavy (non-hydrogen) atoms. The minimum atomic E-state index is -0.444. The molecule has 0 bridgehead atoms. The molecule has 5 heteroatoms. The van der Waals surface area contributed by atoms with Gasteiger partial charge in [-0.15, -0.1) is 0 Å². The first kappa shape index (κ1) is 21.0. The lowest BCUT2D eigenvalue weighted by Crippen LogP contribution is -2.39. The number of allylic oxidation sites excluding steroid dienone is 3. The summed E-state index contributed by atoms with van der Waals surface area (Å²) in [6.45, 7) is 8.06. The molecule has 0 unspecified atom stereocenters. The maximum absolute atomic E-state index is 13.4. The Morgan fingerprint density at radius 2 is 1.68 bits per heavy atom. The minimum Gasteiger partial charge on any atom is -0.362 e. The molecule has 1 amide bonds. The number of hydrogen-bond acceptors (Lipinski definition) is 3. The number of ketones is 1. The summed E-state index contributed by atoms with van der Waals surface area (Å²) in [5, 5.41) is 6.23. The predicted molar refractivity (Wildman–Crippen MR) is 120 cm³/mol. The Morgan fingerprint density at radius 1 is 1.03 bits per heavy atom. The van der Waals surface area contributed by atoms with Gasteiger partial charge in [-0.3, -0.25) is 9.59 Å². The summed E-state index contributed by atoms with van der Waals surface area (Å²) in [4.78, 5) is 26.7. The molecule has 0 saturated carbocycles. The van der Waals surface area contributed by atoms with E-state index in [1.165, 1.54) is 24.3 Å². The van der Waals surface area contributed by atoms with Crippen LogP contribution in [0.25, 0.3) is 0 Å². The van der Waals surface area contributed by atoms with Gasteiger partial charge in [-0.25, -0.2) is 4.39 Å². The second kappa shape index (κ2) is 7.80. The fourth-order valence-electron chi connectivity index (χ4n) is 4.56. The third-order valence-electron chi connectivity index (χ3n) is 6.00. The molecular formula is C26H27FN2O2. The smallest absolute Gasteiger partial charge is 0.254 e. The van der Waals surface area contributed by atoms with Crippen molar-refractivity contribution in [2.45, 2.75) is 46.5 Å². The average Bonchev–Trinajstić information content (AvgIpc) is 2.68. The molecule has 0 aromatic heterocycles. The molecule has 1 atom stereocenters. The summed E-state index contributed by atoms with van der Waals surface area (Å²) in [6, 6.07) is 13.6. The summed E-state index contributed by atoms with van der Waals surface area (Å²) >= 11 is 0. The number of halogens is 1. The molecule has 0 radical (unpaired) electrons. The van der Waals surface area contributed by atoms with Gasteiger partial charge in [-0.1, -0.05) is 43.7 Å². The molecule has 0 saturated heterocycles. The highest BCUT2D eigenvalue weighted by atomic mass is 19.1. The van der Waals surface area contributed by atoms with Crippen LogP contribution in [0.2, 0.25) is 0 Å². The zero-order valence-electron chi connectivity index (χ0n) is 18.3. The van der Waals surface area contributed by atoms with Gasteiger partial charge in [0.15, 0.2) is 5.78 Å². The zero-order chi connectivity index (χ0) is 22.3. The van der Waals surface area contributed by atoms with Gasteiger partial charge < -0.3 is 10.6 Å².